The summed E-state index contributed by atoms with van der Waals surface area (Å²) < 4.78 is 26.9. The topological polar surface area (TPSA) is 51.1 Å². The minimum Gasteiger partial charge on any atom is -0.490 e. The molecule has 1 fully saturated rings. The second kappa shape index (κ2) is 10.5. The third kappa shape index (κ3) is 5.98. The smallest absolute Gasteiger partial charge is 0.155 e. The number of benzene rings is 1. The van der Waals surface area contributed by atoms with Crippen molar-refractivity contribution in [3.8, 4) is 0 Å². The fourth-order valence-corrected chi connectivity index (χ4v) is 3.76. The summed E-state index contributed by atoms with van der Waals surface area (Å²) in [4.78, 5) is 18.9. The van der Waals surface area contributed by atoms with E-state index in [0.717, 1.165) is 18.6 Å². The second-order valence-corrected chi connectivity index (χ2v) is 8.94. The Kier molecular flexibility index (Phi) is 8.49. The van der Waals surface area contributed by atoms with E-state index in [2.05, 4.69) is 11.6 Å². The lowest BCUT2D eigenvalue weighted by atomic mass is 9.96. The Balaban J connectivity index is 2.61. The zero-order valence-electron chi connectivity index (χ0n) is 19.4. The molecule has 0 aliphatic carbocycles. The van der Waals surface area contributed by atoms with Crippen LogP contribution in [0.25, 0.3) is 5.76 Å². The van der Waals surface area contributed by atoms with Gasteiger partial charge in [0.15, 0.2) is 11.6 Å². The first kappa shape index (κ1) is 25.1. The Morgan fingerprint density at radius 3 is 2.45 bits per heavy atom. The van der Waals surface area contributed by atoms with Crippen molar-refractivity contribution in [1.29, 1.82) is 0 Å². The predicted molar refractivity (Wildman–Crippen MR) is 129 cm³/mol. The number of Topliss-reactive ketones (excluding diaryl/α,β-unsaturated/α-hetero) is 1. The molecule has 2 rings (SSSR count). The highest BCUT2D eigenvalue weighted by Gasteiger charge is 2.34. The molecule has 1 aromatic carbocycles. The van der Waals surface area contributed by atoms with E-state index in [4.69, 9.17) is 21.7 Å². The molecule has 0 radical (unpaired) electrons. The van der Waals surface area contributed by atoms with Crippen molar-refractivity contribution in [1.82, 2.24) is 0 Å². The first-order valence-electron chi connectivity index (χ1n) is 10.6. The van der Waals surface area contributed by atoms with Gasteiger partial charge in [0.1, 0.15) is 17.6 Å². The van der Waals surface area contributed by atoms with E-state index in [9.17, 15) is 4.79 Å². The first-order valence-corrected chi connectivity index (χ1v) is 11.0. The molecule has 0 aromatic heterocycles. The van der Waals surface area contributed by atoms with Crippen molar-refractivity contribution in [2.24, 2.45) is 4.99 Å². The number of ether oxygens (including phenoxy) is 2. The molecule has 0 N–H and O–H groups in total. The fraction of sp³-hybridized carbons (Fsp3) is 0.542. The van der Waals surface area contributed by atoms with Crippen molar-refractivity contribution in [3.05, 3.63) is 30.1 Å². The zero-order valence-corrected chi connectivity index (χ0v) is 20.2. The third-order valence-corrected chi connectivity index (χ3v) is 5.82. The van der Waals surface area contributed by atoms with Crippen LogP contribution < -0.4 is 4.90 Å². The van der Waals surface area contributed by atoms with Gasteiger partial charge in [0.25, 0.3) is 0 Å². The van der Waals surface area contributed by atoms with Crippen LogP contribution in [-0.4, -0.2) is 41.3 Å². The molecule has 0 bridgehead atoms. The molecular formula is C24H33FN2O3S. The van der Waals surface area contributed by atoms with Gasteiger partial charge in [-0.15, -0.1) is 0 Å². The van der Waals surface area contributed by atoms with Gasteiger partial charge in [0.2, 0.25) is 0 Å². The molecule has 7 heteroatoms. The largest absolute Gasteiger partial charge is 0.490 e. The van der Waals surface area contributed by atoms with Crippen molar-refractivity contribution in [2.45, 2.75) is 72.4 Å². The summed E-state index contributed by atoms with van der Waals surface area (Å²) in [6.07, 6.45) is 2.14. The average molecular weight is 449 g/mol. The maximum absolute atomic E-state index is 15.4. The van der Waals surface area contributed by atoms with E-state index < -0.39 is 11.4 Å². The van der Waals surface area contributed by atoms with E-state index >= 15 is 4.39 Å². The summed E-state index contributed by atoms with van der Waals surface area (Å²) in [5.74, 6) is -0.254. The molecule has 170 valence electrons. The van der Waals surface area contributed by atoms with Gasteiger partial charge in [-0.1, -0.05) is 25.7 Å². The molecule has 0 spiro atoms. The maximum Gasteiger partial charge on any atom is 0.155 e. The van der Waals surface area contributed by atoms with Gasteiger partial charge >= 0.3 is 0 Å². The number of rotatable bonds is 8. The van der Waals surface area contributed by atoms with E-state index in [1.54, 1.807) is 31.7 Å². The number of aliphatic imine (C=N–C) groups is 1. The normalized spacial score (nSPS) is 15.5. The van der Waals surface area contributed by atoms with Crippen molar-refractivity contribution < 1.29 is 18.7 Å². The summed E-state index contributed by atoms with van der Waals surface area (Å²) >= 11 is 5.43. The Morgan fingerprint density at radius 2 is 1.94 bits per heavy atom. The number of thiocarbonyl (C=S) groups is 1. The number of halogens is 1. The number of hydrogen-bond acceptors (Lipinski definition) is 5. The van der Waals surface area contributed by atoms with Gasteiger partial charge in [0, 0.05) is 29.8 Å². The molecule has 0 amide bonds. The van der Waals surface area contributed by atoms with E-state index in [1.165, 1.54) is 13.0 Å². The SMILES string of the molecule is C=C(OC1CCOCC1)c1cc(N(C(C)=S)C(C)(C)C(C)=O)cc(F)c1/N=C(\C)CC. The van der Waals surface area contributed by atoms with Gasteiger partial charge in [-0.05, 0) is 53.2 Å². The molecule has 0 saturated carbocycles. The molecule has 0 atom stereocenters. The zero-order chi connectivity index (χ0) is 23.3. The lowest BCUT2D eigenvalue weighted by Gasteiger charge is -2.38. The number of nitrogens with zero attached hydrogens (tertiary/aromatic N) is 2. The van der Waals surface area contributed by atoms with E-state index in [-0.39, 0.29) is 17.6 Å². The Bertz CT molecular complexity index is 889. The molecule has 1 aliphatic rings. The molecule has 1 saturated heterocycles. The van der Waals surface area contributed by atoms with E-state index in [1.807, 2.05) is 13.8 Å². The van der Waals surface area contributed by atoms with Gasteiger partial charge in [-0.25, -0.2) is 4.39 Å². The molecular weight excluding hydrogens is 415 g/mol. The van der Waals surface area contributed by atoms with Crippen LogP contribution in [0, 0.1) is 5.82 Å². The first-order chi connectivity index (χ1) is 14.5. The third-order valence-electron chi connectivity index (χ3n) is 5.63. The fourth-order valence-electron chi connectivity index (χ4n) is 3.42. The summed E-state index contributed by atoms with van der Waals surface area (Å²) in [6, 6.07) is 3.13. The van der Waals surface area contributed by atoms with Gasteiger partial charge in [0.05, 0.1) is 23.7 Å². The van der Waals surface area contributed by atoms with Crippen molar-refractivity contribution in [3.63, 3.8) is 0 Å². The lowest BCUT2D eigenvalue weighted by molar-refractivity contribution is -0.120. The quantitative estimate of drug-likeness (QED) is 0.277. The van der Waals surface area contributed by atoms with Gasteiger partial charge in [-0.2, -0.15) is 0 Å². The van der Waals surface area contributed by atoms with Crippen LogP contribution >= 0.6 is 12.2 Å². The Hall–Kier alpha value is -2.12. The molecule has 0 unspecified atom stereocenters. The summed E-state index contributed by atoms with van der Waals surface area (Å²) in [5, 5.41) is 0. The number of carbonyl (C=O) groups is 1. The number of ketones is 1. The Labute approximate surface area is 190 Å². The highest BCUT2D eigenvalue weighted by molar-refractivity contribution is 7.80. The number of anilines is 1. The van der Waals surface area contributed by atoms with Crippen LogP contribution in [-0.2, 0) is 14.3 Å². The molecule has 31 heavy (non-hydrogen) atoms. The van der Waals surface area contributed by atoms with Crippen LogP contribution in [0.4, 0.5) is 15.8 Å². The van der Waals surface area contributed by atoms with Crippen molar-refractivity contribution >= 4 is 45.8 Å². The summed E-state index contributed by atoms with van der Waals surface area (Å²) in [7, 11) is 0. The van der Waals surface area contributed by atoms with Crippen LogP contribution in [0.15, 0.2) is 23.7 Å². The van der Waals surface area contributed by atoms with E-state index in [0.29, 0.717) is 41.6 Å². The minimum atomic E-state index is -0.942. The average Bonchev–Trinajstić information content (AvgIpc) is 2.69. The highest BCUT2D eigenvalue weighted by atomic mass is 32.1. The maximum atomic E-state index is 15.4. The van der Waals surface area contributed by atoms with Crippen LogP contribution in [0.5, 0.6) is 0 Å². The molecule has 1 heterocycles. The minimum absolute atomic E-state index is 0.0471. The monoisotopic (exact) mass is 448 g/mol. The number of carbonyl (C=O) groups excluding carboxylic acids is 1. The summed E-state index contributed by atoms with van der Waals surface area (Å²) in [5.41, 5.74) is 0.948. The molecule has 1 aliphatic heterocycles. The predicted octanol–water partition coefficient (Wildman–Crippen LogP) is 6.02. The van der Waals surface area contributed by atoms with Gasteiger partial charge in [-0.3, -0.25) is 9.79 Å². The standard InChI is InChI=1S/C24H33FN2O3S/c1-8-15(2)26-23-21(16(3)30-20-9-11-29-12-10-20)13-19(14-22(23)25)27(18(5)31)24(6,7)17(4)28/h13-14,20H,3,8-12H2,1-2,4-7H3/b26-15+. The second-order valence-electron chi connectivity index (χ2n) is 8.35. The van der Waals surface area contributed by atoms with Gasteiger partial charge < -0.3 is 14.4 Å². The lowest BCUT2D eigenvalue weighted by Crippen LogP contribution is -2.51. The van der Waals surface area contributed by atoms with Crippen molar-refractivity contribution in [2.75, 3.05) is 18.1 Å². The molecule has 1 aromatic rings. The highest BCUT2D eigenvalue weighted by Crippen LogP contribution is 2.37. The number of hydrogen-bond donors (Lipinski definition) is 0. The van der Waals surface area contributed by atoms with Crippen LogP contribution in [0.1, 0.15) is 66.4 Å². The van der Waals surface area contributed by atoms with Crippen LogP contribution in [0.3, 0.4) is 0 Å². The molecule has 5 nitrogen and oxygen atoms in total. The summed E-state index contributed by atoms with van der Waals surface area (Å²) in [6.45, 7) is 15.9. The van der Waals surface area contributed by atoms with Crippen LogP contribution in [0.2, 0.25) is 0 Å². The Morgan fingerprint density at radius 1 is 1.32 bits per heavy atom.